The molecule has 0 heterocycles. The fraction of sp³-hybridized carbons (Fsp3) is 0.375. The average Bonchev–Trinajstić information content (AvgIpc) is 2.49. The number of hydrazone groups is 1. The second-order valence-corrected chi connectivity index (χ2v) is 4.84. The summed E-state index contributed by atoms with van der Waals surface area (Å²) in [5.41, 5.74) is 1.74. The largest absolute Gasteiger partial charge is 0.444 e. The molecule has 0 spiro atoms. The van der Waals surface area contributed by atoms with E-state index in [-0.39, 0.29) is 6.61 Å². The molecule has 0 radical (unpaired) electrons. The van der Waals surface area contributed by atoms with Gasteiger partial charge in [-0.1, -0.05) is 43.0 Å². The van der Waals surface area contributed by atoms with E-state index in [0.29, 0.717) is 13.1 Å². The summed E-state index contributed by atoms with van der Waals surface area (Å²) in [7, 11) is 3.89. The first-order valence-corrected chi connectivity index (χ1v) is 6.85. The van der Waals surface area contributed by atoms with Gasteiger partial charge in [0.15, 0.2) is 0 Å². The Balaban J connectivity index is 2.84. The van der Waals surface area contributed by atoms with Crippen LogP contribution in [0.25, 0.3) is 0 Å². The molecule has 1 amide bonds. The third-order valence-electron chi connectivity index (χ3n) is 2.76. The zero-order valence-corrected chi connectivity index (χ0v) is 13.0. The van der Waals surface area contributed by atoms with Gasteiger partial charge in [0.05, 0.1) is 12.3 Å². The van der Waals surface area contributed by atoms with E-state index in [4.69, 9.17) is 4.74 Å². The van der Waals surface area contributed by atoms with Crippen molar-refractivity contribution < 1.29 is 9.53 Å². The number of ether oxygens (including phenoxy) is 1. The van der Waals surface area contributed by atoms with Gasteiger partial charge in [-0.3, -0.25) is 0 Å². The van der Waals surface area contributed by atoms with Crippen LogP contribution >= 0.6 is 0 Å². The van der Waals surface area contributed by atoms with Crippen LogP contribution in [0.3, 0.4) is 0 Å². The van der Waals surface area contributed by atoms with Crippen LogP contribution in [0.15, 0.2) is 48.1 Å². The Hall–Kier alpha value is -2.14. The molecular formula is C16H23N3O2. The van der Waals surface area contributed by atoms with Gasteiger partial charge < -0.3 is 9.64 Å². The van der Waals surface area contributed by atoms with E-state index in [1.165, 1.54) is 11.1 Å². The molecule has 0 saturated carbocycles. The topological polar surface area (TPSA) is 45.1 Å². The minimum Gasteiger partial charge on any atom is -0.444 e. The summed E-state index contributed by atoms with van der Waals surface area (Å²) in [6.07, 6.45) is 1.07. The SMILES string of the molecule is C=CCOC(=O)N(CCN(C)C)/N=C(\C)c1ccccc1. The lowest BCUT2D eigenvalue weighted by molar-refractivity contribution is 0.111. The highest BCUT2D eigenvalue weighted by Crippen LogP contribution is 2.04. The number of hydrogen-bond acceptors (Lipinski definition) is 4. The van der Waals surface area contributed by atoms with Gasteiger partial charge in [0.25, 0.3) is 0 Å². The van der Waals surface area contributed by atoms with Crippen LogP contribution in [0.5, 0.6) is 0 Å². The number of amides is 1. The predicted molar refractivity (Wildman–Crippen MR) is 85.5 cm³/mol. The fourth-order valence-corrected chi connectivity index (χ4v) is 1.60. The minimum atomic E-state index is -0.466. The van der Waals surface area contributed by atoms with Gasteiger partial charge in [-0.2, -0.15) is 10.1 Å². The maximum atomic E-state index is 12.0. The second-order valence-electron chi connectivity index (χ2n) is 4.84. The highest BCUT2D eigenvalue weighted by atomic mass is 16.6. The van der Waals surface area contributed by atoms with Crippen molar-refractivity contribution >= 4 is 11.8 Å². The van der Waals surface area contributed by atoms with Crippen LogP contribution in [0.2, 0.25) is 0 Å². The Morgan fingerprint density at radius 3 is 2.52 bits per heavy atom. The average molecular weight is 289 g/mol. The molecule has 0 bridgehead atoms. The maximum Gasteiger partial charge on any atom is 0.430 e. The maximum absolute atomic E-state index is 12.0. The van der Waals surface area contributed by atoms with Crippen molar-refractivity contribution in [2.45, 2.75) is 6.92 Å². The summed E-state index contributed by atoms with van der Waals surface area (Å²) in [4.78, 5) is 14.0. The lowest BCUT2D eigenvalue weighted by Gasteiger charge is -2.19. The van der Waals surface area contributed by atoms with E-state index >= 15 is 0 Å². The molecule has 1 aromatic rings. The lowest BCUT2D eigenvalue weighted by atomic mass is 10.1. The molecule has 0 N–H and O–H groups in total. The predicted octanol–water partition coefficient (Wildman–Crippen LogP) is 2.60. The number of carbonyl (C=O) groups excluding carboxylic acids is 1. The van der Waals surface area contributed by atoms with Crippen LogP contribution in [0.4, 0.5) is 4.79 Å². The Kier molecular flexibility index (Phi) is 7.18. The zero-order chi connectivity index (χ0) is 15.7. The normalized spacial score (nSPS) is 11.3. The number of nitrogens with zero attached hydrogens (tertiary/aromatic N) is 3. The van der Waals surface area contributed by atoms with E-state index in [2.05, 4.69) is 11.7 Å². The molecule has 1 rings (SSSR count). The zero-order valence-electron chi connectivity index (χ0n) is 13.0. The van der Waals surface area contributed by atoms with Crippen LogP contribution in [0.1, 0.15) is 12.5 Å². The van der Waals surface area contributed by atoms with Crippen molar-refractivity contribution in [3.05, 3.63) is 48.6 Å². The fourth-order valence-electron chi connectivity index (χ4n) is 1.60. The molecule has 0 aromatic heterocycles. The van der Waals surface area contributed by atoms with Crippen LogP contribution in [0, 0.1) is 0 Å². The highest BCUT2D eigenvalue weighted by molar-refractivity contribution is 5.98. The third kappa shape index (κ3) is 6.23. The summed E-state index contributed by atoms with van der Waals surface area (Å²) < 4.78 is 5.07. The number of likely N-dealkylation sites (N-methyl/N-ethyl adjacent to an activating group) is 1. The molecule has 1 aromatic carbocycles. The van der Waals surface area contributed by atoms with Crippen molar-refractivity contribution in [2.75, 3.05) is 33.8 Å². The summed E-state index contributed by atoms with van der Waals surface area (Å²) in [5.74, 6) is 0. The van der Waals surface area contributed by atoms with Gasteiger partial charge >= 0.3 is 6.09 Å². The number of carbonyl (C=O) groups is 1. The van der Waals surface area contributed by atoms with Gasteiger partial charge in [0, 0.05) is 6.54 Å². The number of hydrogen-bond donors (Lipinski definition) is 0. The van der Waals surface area contributed by atoms with Crippen LogP contribution in [-0.2, 0) is 4.74 Å². The van der Waals surface area contributed by atoms with Gasteiger partial charge in [-0.25, -0.2) is 4.79 Å². The van der Waals surface area contributed by atoms with E-state index < -0.39 is 6.09 Å². The van der Waals surface area contributed by atoms with Gasteiger partial charge in [-0.15, -0.1) is 0 Å². The van der Waals surface area contributed by atoms with E-state index in [0.717, 1.165) is 11.3 Å². The molecule has 0 aliphatic heterocycles. The summed E-state index contributed by atoms with van der Waals surface area (Å²) in [6, 6.07) is 9.73. The van der Waals surface area contributed by atoms with Crippen molar-refractivity contribution in [1.29, 1.82) is 0 Å². The quantitative estimate of drug-likeness (QED) is 0.440. The van der Waals surface area contributed by atoms with Crippen molar-refractivity contribution in [3.63, 3.8) is 0 Å². The lowest BCUT2D eigenvalue weighted by Crippen LogP contribution is -2.34. The van der Waals surface area contributed by atoms with Gasteiger partial charge in [-0.05, 0) is 26.6 Å². The van der Waals surface area contributed by atoms with Crippen LogP contribution in [-0.4, -0.2) is 55.5 Å². The Morgan fingerprint density at radius 1 is 1.29 bits per heavy atom. The molecule has 0 fully saturated rings. The molecule has 21 heavy (non-hydrogen) atoms. The van der Waals surface area contributed by atoms with E-state index in [1.807, 2.05) is 56.3 Å². The third-order valence-corrected chi connectivity index (χ3v) is 2.76. The molecule has 0 atom stereocenters. The molecule has 5 heteroatoms. The molecule has 5 nitrogen and oxygen atoms in total. The van der Waals surface area contributed by atoms with Gasteiger partial charge in [0.1, 0.15) is 6.61 Å². The van der Waals surface area contributed by atoms with Crippen molar-refractivity contribution in [1.82, 2.24) is 9.91 Å². The highest BCUT2D eigenvalue weighted by Gasteiger charge is 2.14. The Bertz CT molecular complexity index is 484. The monoisotopic (exact) mass is 289 g/mol. The Morgan fingerprint density at radius 2 is 1.95 bits per heavy atom. The number of rotatable bonds is 7. The second kappa shape index (κ2) is 8.92. The van der Waals surface area contributed by atoms with E-state index in [9.17, 15) is 4.79 Å². The first kappa shape index (κ1) is 16.9. The standard InChI is InChI=1S/C16H23N3O2/c1-5-13-21-16(20)19(12-11-18(3)4)17-14(2)15-9-7-6-8-10-15/h5-10H,1,11-13H2,2-4H3/b17-14+. The summed E-state index contributed by atoms with van der Waals surface area (Å²) >= 11 is 0. The summed E-state index contributed by atoms with van der Waals surface area (Å²) in [5, 5.41) is 5.74. The number of benzene rings is 1. The first-order valence-electron chi connectivity index (χ1n) is 6.85. The minimum absolute atomic E-state index is 0.178. The molecular weight excluding hydrogens is 266 g/mol. The van der Waals surface area contributed by atoms with Crippen molar-refractivity contribution in [3.8, 4) is 0 Å². The Labute approximate surface area is 126 Å². The van der Waals surface area contributed by atoms with Gasteiger partial charge in [0.2, 0.25) is 0 Å². The molecule has 0 saturated heterocycles. The van der Waals surface area contributed by atoms with E-state index in [1.54, 1.807) is 0 Å². The first-order chi connectivity index (χ1) is 10.0. The smallest absolute Gasteiger partial charge is 0.430 e. The molecule has 0 aliphatic rings. The molecule has 114 valence electrons. The molecule has 0 unspecified atom stereocenters. The summed E-state index contributed by atoms with van der Waals surface area (Å²) in [6.45, 7) is 6.76. The molecule has 0 aliphatic carbocycles. The van der Waals surface area contributed by atoms with Crippen molar-refractivity contribution in [2.24, 2.45) is 5.10 Å². The van der Waals surface area contributed by atoms with Crippen LogP contribution < -0.4 is 0 Å².